The van der Waals surface area contributed by atoms with E-state index in [9.17, 15) is 8.78 Å². The number of nitrogens with one attached hydrogen (secondary N) is 1. The van der Waals surface area contributed by atoms with Gasteiger partial charge in [-0.15, -0.1) is 0 Å². The summed E-state index contributed by atoms with van der Waals surface area (Å²) in [5.41, 5.74) is 0.463. The van der Waals surface area contributed by atoms with Crippen molar-refractivity contribution in [2.45, 2.75) is 20.3 Å². The van der Waals surface area contributed by atoms with Gasteiger partial charge in [-0.25, -0.2) is 8.78 Å². The van der Waals surface area contributed by atoms with Crippen LogP contribution in [-0.4, -0.2) is 24.8 Å². The molecule has 0 amide bonds. The first-order valence-corrected chi connectivity index (χ1v) is 5.69. The smallest absolute Gasteiger partial charge is 0.126 e. The molecule has 1 aromatic rings. The minimum Gasteiger partial charge on any atom is -0.396 e. The van der Waals surface area contributed by atoms with Gasteiger partial charge in [0.15, 0.2) is 0 Å². The lowest BCUT2D eigenvalue weighted by atomic mass is 9.95. The van der Waals surface area contributed by atoms with Crippen LogP contribution in [0.3, 0.4) is 0 Å². The highest BCUT2D eigenvalue weighted by Gasteiger charge is 2.15. The number of hydrogen-bond donors (Lipinski definition) is 2. The summed E-state index contributed by atoms with van der Waals surface area (Å²) in [4.78, 5) is 0. The third-order valence-electron chi connectivity index (χ3n) is 2.54. The van der Waals surface area contributed by atoms with Gasteiger partial charge in [0.05, 0.1) is 0 Å². The van der Waals surface area contributed by atoms with Crippen molar-refractivity contribution in [3.8, 4) is 0 Å². The predicted octanol–water partition coefficient (Wildman–Crippen LogP) is 2.12. The van der Waals surface area contributed by atoms with Gasteiger partial charge >= 0.3 is 0 Å². The van der Waals surface area contributed by atoms with Crippen LogP contribution in [0, 0.1) is 17.0 Å². The second kappa shape index (κ2) is 6.07. The van der Waals surface area contributed by atoms with Gasteiger partial charge in [0.2, 0.25) is 0 Å². The third kappa shape index (κ3) is 5.24. The van der Waals surface area contributed by atoms with E-state index >= 15 is 0 Å². The zero-order valence-corrected chi connectivity index (χ0v) is 10.3. The van der Waals surface area contributed by atoms with E-state index < -0.39 is 11.6 Å². The van der Waals surface area contributed by atoms with E-state index in [2.05, 4.69) is 5.32 Å². The molecule has 0 aliphatic carbocycles. The van der Waals surface area contributed by atoms with Crippen LogP contribution in [0.1, 0.15) is 19.4 Å². The van der Waals surface area contributed by atoms with E-state index in [1.165, 1.54) is 12.1 Å². The molecule has 0 radical (unpaired) electrons. The number of rotatable bonds is 6. The summed E-state index contributed by atoms with van der Waals surface area (Å²) < 4.78 is 25.8. The molecule has 2 nitrogen and oxygen atoms in total. The standard InChI is InChI=1S/C13H19F2NO/c1-13(2,9-17)8-16-4-3-10-5-11(14)7-12(15)6-10/h5-7,16-17H,3-4,8-9H2,1-2H3. The molecule has 1 rings (SSSR count). The Bertz CT molecular complexity index is 346. The normalized spacial score (nSPS) is 11.8. The van der Waals surface area contributed by atoms with Crippen LogP contribution in [0.15, 0.2) is 18.2 Å². The molecule has 0 unspecified atom stereocenters. The lowest BCUT2D eigenvalue weighted by molar-refractivity contribution is 0.157. The Morgan fingerprint density at radius 1 is 1.18 bits per heavy atom. The summed E-state index contributed by atoms with van der Waals surface area (Å²) >= 11 is 0. The van der Waals surface area contributed by atoms with Crippen LogP contribution >= 0.6 is 0 Å². The lowest BCUT2D eigenvalue weighted by Gasteiger charge is -2.21. The molecule has 0 spiro atoms. The molecule has 1 aromatic carbocycles. The molecule has 2 N–H and O–H groups in total. The minimum atomic E-state index is -0.546. The molecule has 0 fully saturated rings. The molecule has 0 saturated carbocycles. The van der Waals surface area contributed by atoms with Crippen LogP contribution in [0.25, 0.3) is 0 Å². The monoisotopic (exact) mass is 243 g/mol. The van der Waals surface area contributed by atoms with Crippen LogP contribution < -0.4 is 5.32 Å². The average molecular weight is 243 g/mol. The first-order valence-electron chi connectivity index (χ1n) is 5.69. The first-order chi connectivity index (χ1) is 7.93. The summed E-state index contributed by atoms with van der Waals surface area (Å²) in [6.45, 7) is 5.30. The molecule has 0 aliphatic heterocycles. The Hall–Kier alpha value is -1.00. The molecule has 4 heteroatoms. The number of aliphatic hydroxyl groups excluding tert-OH is 1. The summed E-state index contributed by atoms with van der Waals surface area (Å²) in [6.07, 6.45) is 0.566. The zero-order chi connectivity index (χ0) is 12.9. The van der Waals surface area contributed by atoms with Crippen LogP contribution in [0.4, 0.5) is 8.78 Å². The minimum absolute atomic E-state index is 0.106. The van der Waals surface area contributed by atoms with Gasteiger partial charge in [-0.3, -0.25) is 0 Å². The fourth-order valence-electron chi connectivity index (χ4n) is 1.47. The summed E-state index contributed by atoms with van der Waals surface area (Å²) in [6, 6.07) is 3.54. The maximum Gasteiger partial charge on any atom is 0.126 e. The molecule has 96 valence electrons. The fraction of sp³-hybridized carbons (Fsp3) is 0.538. The van der Waals surface area contributed by atoms with Crippen LogP contribution in [0.2, 0.25) is 0 Å². The van der Waals surface area contributed by atoms with Crippen molar-refractivity contribution in [3.05, 3.63) is 35.4 Å². The number of aliphatic hydroxyl groups is 1. The van der Waals surface area contributed by atoms with Crippen molar-refractivity contribution in [1.82, 2.24) is 5.32 Å². The first kappa shape index (κ1) is 14.1. The average Bonchev–Trinajstić information content (AvgIpc) is 2.23. The molecule has 0 bridgehead atoms. The Morgan fingerprint density at radius 2 is 1.76 bits per heavy atom. The van der Waals surface area contributed by atoms with E-state index in [1.807, 2.05) is 13.8 Å². The Balaban J connectivity index is 2.36. The fourth-order valence-corrected chi connectivity index (χ4v) is 1.47. The van der Waals surface area contributed by atoms with Crippen LogP contribution in [-0.2, 0) is 6.42 Å². The second-order valence-electron chi connectivity index (χ2n) is 5.03. The van der Waals surface area contributed by atoms with Gasteiger partial charge in [0.25, 0.3) is 0 Å². The van der Waals surface area contributed by atoms with Crippen LogP contribution in [0.5, 0.6) is 0 Å². The van der Waals surface area contributed by atoms with E-state index in [4.69, 9.17) is 5.11 Å². The highest BCUT2D eigenvalue weighted by atomic mass is 19.1. The van der Waals surface area contributed by atoms with Crippen molar-refractivity contribution in [2.75, 3.05) is 19.7 Å². The Morgan fingerprint density at radius 3 is 2.29 bits per heavy atom. The van der Waals surface area contributed by atoms with Gasteiger partial charge < -0.3 is 10.4 Å². The number of halogens is 2. The van der Waals surface area contributed by atoms with Gasteiger partial charge in [-0.2, -0.15) is 0 Å². The van der Waals surface area contributed by atoms with E-state index in [-0.39, 0.29) is 12.0 Å². The van der Waals surface area contributed by atoms with Crippen molar-refractivity contribution in [3.63, 3.8) is 0 Å². The van der Waals surface area contributed by atoms with Crippen molar-refractivity contribution < 1.29 is 13.9 Å². The molecule has 17 heavy (non-hydrogen) atoms. The van der Waals surface area contributed by atoms with Gasteiger partial charge in [0.1, 0.15) is 11.6 Å². The molecular weight excluding hydrogens is 224 g/mol. The molecule has 0 aromatic heterocycles. The SMILES string of the molecule is CC(C)(CO)CNCCc1cc(F)cc(F)c1. The van der Waals surface area contributed by atoms with E-state index in [0.717, 1.165) is 6.07 Å². The van der Waals surface area contributed by atoms with E-state index in [1.54, 1.807) is 0 Å². The Kier molecular flexibility index (Phi) is 5.02. The van der Waals surface area contributed by atoms with Crippen molar-refractivity contribution in [2.24, 2.45) is 5.41 Å². The quantitative estimate of drug-likeness (QED) is 0.750. The Labute approximate surface area is 101 Å². The highest BCUT2D eigenvalue weighted by molar-refractivity contribution is 5.18. The zero-order valence-electron chi connectivity index (χ0n) is 10.3. The van der Waals surface area contributed by atoms with Crippen molar-refractivity contribution in [1.29, 1.82) is 0 Å². The van der Waals surface area contributed by atoms with E-state index in [0.29, 0.717) is 25.1 Å². The van der Waals surface area contributed by atoms with Gasteiger partial charge in [0, 0.05) is 24.6 Å². The molecule has 0 aliphatic rings. The molecular formula is C13H19F2NO. The van der Waals surface area contributed by atoms with Crippen molar-refractivity contribution >= 4 is 0 Å². The maximum absolute atomic E-state index is 12.9. The number of hydrogen-bond acceptors (Lipinski definition) is 2. The molecule has 0 heterocycles. The third-order valence-corrected chi connectivity index (χ3v) is 2.54. The second-order valence-corrected chi connectivity index (χ2v) is 5.03. The van der Waals surface area contributed by atoms with Gasteiger partial charge in [-0.1, -0.05) is 13.8 Å². The van der Waals surface area contributed by atoms with Gasteiger partial charge in [-0.05, 0) is 30.7 Å². The number of benzene rings is 1. The summed E-state index contributed by atoms with van der Waals surface area (Å²) in [7, 11) is 0. The lowest BCUT2D eigenvalue weighted by Crippen LogP contribution is -2.33. The summed E-state index contributed by atoms with van der Waals surface area (Å²) in [5, 5.41) is 12.2. The highest BCUT2D eigenvalue weighted by Crippen LogP contribution is 2.11. The summed E-state index contributed by atoms with van der Waals surface area (Å²) in [5.74, 6) is -1.09. The largest absolute Gasteiger partial charge is 0.396 e. The predicted molar refractivity (Wildman–Crippen MR) is 63.8 cm³/mol. The molecule has 0 saturated heterocycles. The maximum atomic E-state index is 12.9. The molecule has 0 atom stereocenters. The topological polar surface area (TPSA) is 32.3 Å².